The van der Waals surface area contributed by atoms with E-state index in [-0.39, 0.29) is 30.5 Å². The zero-order valence-electron chi connectivity index (χ0n) is 13.9. The van der Waals surface area contributed by atoms with Crippen molar-refractivity contribution < 1.29 is 8.42 Å². The Labute approximate surface area is 174 Å². The molecule has 0 radical (unpaired) electrons. The van der Waals surface area contributed by atoms with Gasteiger partial charge in [-0.1, -0.05) is 12.1 Å². The van der Waals surface area contributed by atoms with Crippen LogP contribution in [0.3, 0.4) is 0 Å². The lowest BCUT2D eigenvalue weighted by Gasteiger charge is -2.11. The molecule has 0 saturated heterocycles. The molecule has 0 aliphatic heterocycles. The SMILES string of the molecule is CCNC(=NCCNS(=O)(=O)c1cccs1)NCCc1cccs1.I. The van der Waals surface area contributed by atoms with Gasteiger partial charge in [-0.25, -0.2) is 13.1 Å². The predicted octanol–water partition coefficient (Wildman–Crippen LogP) is 2.50. The molecular weight excluding hydrogens is 491 g/mol. The average molecular weight is 514 g/mol. The molecule has 0 amide bonds. The summed E-state index contributed by atoms with van der Waals surface area (Å²) in [5.41, 5.74) is 0. The van der Waals surface area contributed by atoms with Crippen molar-refractivity contribution in [2.75, 3.05) is 26.2 Å². The van der Waals surface area contributed by atoms with Gasteiger partial charge >= 0.3 is 0 Å². The van der Waals surface area contributed by atoms with E-state index < -0.39 is 10.0 Å². The van der Waals surface area contributed by atoms with Crippen LogP contribution in [0.5, 0.6) is 0 Å². The molecule has 25 heavy (non-hydrogen) atoms. The lowest BCUT2D eigenvalue weighted by molar-refractivity contribution is 0.584. The van der Waals surface area contributed by atoms with E-state index in [9.17, 15) is 8.42 Å². The highest BCUT2D eigenvalue weighted by Gasteiger charge is 2.13. The number of sulfonamides is 1. The summed E-state index contributed by atoms with van der Waals surface area (Å²) in [6.45, 7) is 4.18. The van der Waals surface area contributed by atoms with Gasteiger partial charge in [-0.05, 0) is 36.2 Å². The van der Waals surface area contributed by atoms with Gasteiger partial charge in [0.25, 0.3) is 0 Å². The average Bonchev–Trinajstić information content (AvgIpc) is 3.24. The molecule has 2 rings (SSSR count). The Bertz CT molecular complexity index is 716. The van der Waals surface area contributed by atoms with Crippen LogP contribution in [0, 0.1) is 0 Å². The van der Waals surface area contributed by atoms with Gasteiger partial charge in [0, 0.05) is 24.5 Å². The number of nitrogens with one attached hydrogen (secondary N) is 3. The fraction of sp³-hybridized carbons (Fsp3) is 0.400. The summed E-state index contributed by atoms with van der Waals surface area (Å²) >= 11 is 2.94. The molecule has 2 aromatic heterocycles. The van der Waals surface area contributed by atoms with Crippen LogP contribution >= 0.6 is 46.7 Å². The first-order valence-corrected chi connectivity index (χ1v) is 10.9. The standard InChI is InChI=1S/C15H22N4O2S3.HI/c1-2-16-15(17-8-7-13-5-3-11-22-13)18-9-10-19-24(20,21)14-6-4-12-23-14;/h3-6,11-12,19H,2,7-10H2,1H3,(H2,16,17,18);1H. The molecule has 0 aliphatic rings. The first-order chi connectivity index (χ1) is 11.6. The zero-order valence-corrected chi connectivity index (χ0v) is 18.7. The molecule has 10 heteroatoms. The first kappa shape index (κ1) is 22.4. The maximum Gasteiger partial charge on any atom is 0.250 e. The molecule has 0 unspecified atom stereocenters. The molecule has 2 aromatic rings. The molecule has 0 aromatic carbocycles. The van der Waals surface area contributed by atoms with E-state index in [4.69, 9.17) is 0 Å². The first-order valence-electron chi connectivity index (χ1n) is 7.69. The van der Waals surface area contributed by atoms with Crippen molar-refractivity contribution in [3.8, 4) is 0 Å². The third-order valence-electron chi connectivity index (χ3n) is 3.02. The molecule has 2 heterocycles. The third-order valence-corrected chi connectivity index (χ3v) is 6.82. The number of halogens is 1. The number of aliphatic imine (C=N–C) groups is 1. The molecule has 0 atom stereocenters. The minimum atomic E-state index is -3.41. The summed E-state index contributed by atoms with van der Waals surface area (Å²) in [6.07, 6.45) is 0.938. The summed E-state index contributed by atoms with van der Waals surface area (Å²) in [5, 5.41) is 10.2. The molecular formula is C15H23IN4O2S3. The van der Waals surface area contributed by atoms with Crippen LogP contribution in [-0.2, 0) is 16.4 Å². The molecule has 6 nitrogen and oxygen atoms in total. The zero-order chi connectivity index (χ0) is 17.3. The van der Waals surface area contributed by atoms with E-state index >= 15 is 0 Å². The molecule has 0 fully saturated rings. The summed E-state index contributed by atoms with van der Waals surface area (Å²) in [5.74, 6) is 0.698. The van der Waals surface area contributed by atoms with Crippen molar-refractivity contribution in [3.05, 3.63) is 39.9 Å². The highest BCUT2D eigenvalue weighted by atomic mass is 127. The quantitative estimate of drug-likeness (QED) is 0.208. The maximum absolute atomic E-state index is 12.0. The van der Waals surface area contributed by atoms with Crippen LogP contribution in [0.1, 0.15) is 11.8 Å². The van der Waals surface area contributed by atoms with E-state index in [2.05, 4.69) is 31.8 Å². The Morgan fingerprint density at radius 3 is 2.52 bits per heavy atom. The van der Waals surface area contributed by atoms with Gasteiger partial charge in [0.2, 0.25) is 10.0 Å². The number of hydrogen-bond donors (Lipinski definition) is 3. The largest absolute Gasteiger partial charge is 0.357 e. The Kier molecular flexibility index (Phi) is 10.6. The van der Waals surface area contributed by atoms with E-state index in [1.165, 1.54) is 16.2 Å². The van der Waals surface area contributed by atoms with Crippen LogP contribution in [0.15, 0.2) is 44.2 Å². The minimum Gasteiger partial charge on any atom is -0.357 e. The number of guanidine groups is 1. The second-order valence-corrected chi connectivity index (χ2v) is 8.82. The number of hydrogen-bond acceptors (Lipinski definition) is 5. The van der Waals surface area contributed by atoms with E-state index in [1.807, 2.05) is 13.0 Å². The lowest BCUT2D eigenvalue weighted by Crippen LogP contribution is -2.39. The Morgan fingerprint density at radius 1 is 1.12 bits per heavy atom. The second-order valence-electron chi connectivity index (χ2n) is 4.85. The van der Waals surface area contributed by atoms with Crippen molar-refractivity contribution in [1.29, 1.82) is 0 Å². The van der Waals surface area contributed by atoms with Gasteiger partial charge in [-0.3, -0.25) is 4.99 Å². The number of rotatable bonds is 9. The normalized spacial score (nSPS) is 11.8. The Hall–Kier alpha value is -0.690. The van der Waals surface area contributed by atoms with Gasteiger partial charge in [-0.15, -0.1) is 46.7 Å². The Morgan fingerprint density at radius 2 is 1.88 bits per heavy atom. The van der Waals surface area contributed by atoms with Crippen molar-refractivity contribution >= 4 is 62.6 Å². The fourth-order valence-electron chi connectivity index (χ4n) is 1.94. The minimum absolute atomic E-state index is 0. The number of nitrogens with zero attached hydrogens (tertiary/aromatic N) is 1. The summed E-state index contributed by atoms with van der Waals surface area (Å²) in [7, 11) is -3.41. The molecule has 140 valence electrons. The van der Waals surface area contributed by atoms with E-state index in [0.717, 1.165) is 19.5 Å². The van der Waals surface area contributed by atoms with Gasteiger partial charge in [-0.2, -0.15) is 0 Å². The highest BCUT2D eigenvalue weighted by molar-refractivity contribution is 14.0. The molecule has 0 aliphatic carbocycles. The van der Waals surface area contributed by atoms with Crippen molar-refractivity contribution in [2.24, 2.45) is 4.99 Å². The third kappa shape index (κ3) is 8.03. The van der Waals surface area contributed by atoms with Gasteiger partial charge < -0.3 is 10.6 Å². The smallest absolute Gasteiger partial charge is 0.250 e. The maximum atomic E-state index is 12.0. The van der Waals surface area contributed by atoms with Crippen molar-refractivity contribution in [2.45, 2.75) is 17.6 Å². The molecule has 3 N–H and O–H groups in total. The summed E-state index contributed by atoms with van der Waals surface area (Å²) in [4.78, 5) is 5.71. The monoisotopic (exact) mass is 514 g/mol. The van der Waals surface area contributed by atoms with Crippen LogP contribution in [-0.4, -0.2) is 40.6 Å². The topological polar surface area (TPSA) is 82.6 Å². The van der Waals surface area contributed by atoms with Gasteiger partial charge in [0.1, 0.15) is 4.21 Å². The highest BCUT2D eigenvalue weighted by Crippen LogP contribution is 2.14. The summed E-state index contributed by atoms with van der Waals surface area (Å²) in [6, 6.07) is 7.46. The fourth-order valence-corrected chi connectivity index (χ4v) is 4.70. The van der Waals surface area contributed by atoms with Crippen LogP contribution in [0.25, 0.3) is 0 Å². The van der Waals surface area contributed by atoms with Crippen molar-refractivity contribution in [1.82, 2.24) is 15.4 Å². The van der Waals surface area contributed by atoms with E-state index in [0.29, 0.717) is 16.7 Å². The summed E-state index contributed by atoms with van der Waals surface area (Å²) < 4.78 is 26.9. The molecule has 0 spiro atoms. The molecule has 0 saturated carbocycles. The van der Waals surface area contributed by atoms with Crippen LogP contribution < -0.4 is 15.4 Å². The van der Waals surface area contributed by atoms with Crippen LogP contribution in [0.4, 0.5) is 0 Å². The Balaban J connectivity index is 0.00000312. The van der Waals surface area contributed by atoms with Crippen molar-refractivity contribution in [3.63, 3.8) is 0 Å². The predicted molar refractivity (Wildman–Crippen MR) is 117 cm³/mol. The number of thiophene rings is 2. The van der Waals surface area contributed by atoms with Crippen LogP contribution in [0.2, 0.25) is 0 Å². The second kappa shape index (κ2) is 11.8. The van der Waals surface area contributed by atoms with E-state index in [1.54, 1.807) is 28.8 Å². The van der Waals surface area contributed by atoms with Gasteiger partial charge in [0.05, 0.1) is 6.54 Å². The molecule has 0 bridgehead atoms. The van der Waals surface area contributed by atoms with Gasteiger partial charge in [0.15, 0.2) is 5.96 Å². The lowest BCUT2D eigenvalue weighted by atomic mass is 10.3.